The first kappa shape index (κ1) is 58.5. The van der Waals surface area contributed by atoms with E-state index in [2.05, 4.69) is 107 Å². The van der Waals surface area contributed by atoms with Crippen molar-refractivity contribution in [1.29, 1.82) is 0 Å². The first-order valence-corrected chi connectivity index (χ1v) is 32.8. The number of carbonyl (C=O) groups excluding carboxylic acids is 2. The number of aromatic nitrogens is 1. The van der Waals surface area contributed by atoms with E-state index in [-0.39, 0.29) is 144 Å². The number of hydrogen-bond acceptors (Lipinski definition) is 13. The summed E-state index contributed by atoms with van der Waals surface area (Å²) < 4.78 is 5.64. The molecule has 4 aliphatic heterocycles. The van der Waals surface area contributed by atoms with E-state index in [1.807, 2.05) is 18.2 Å². The number of nitrogens with two attached hydrogens (primary N) is 1. The molecule has 5 fully saturated rings. The van der Waals surface area contributed by atoms with Crippen molar-refractivity contribution >= 4 is 28.4 Å². The standard InChI is InChI=1S/C73H87N5O9/c1-4-38-35-75-62(74)33-51(38)50(41-15-14-39-9-5-6-10-40(39)27-41)32-57(81)56(80)28-43-22-25-73(60(83)20-17-42-29-59(87-3)58(82)31-49(42)43)26-23-44(30-61(73)84)64-48(19-21-63(85)86)66-53-13-7-11-46-12-8-24-72(46,2)77-37-52(64)68-70(66)69-54(78-53)34-55(79)47-18-16-45-36-76-71(68)65(45)67(47)69/h5-6,9-10,14-16,18,27,29,31,33,36,43-44,46-48,50,52-54,56-57,61,63-64,66-70,75-78,80-82,84-86H,4,8,12-13,17,19-21,23-24,26,28,30,32,34-35,37,74H2,1-3H3. The highest BCUT2D eigenvalue weighted by Gasteiger charge is 2.67. The monoisotopic (exact) mass is 1180 g/mol. The minimum atomic E-state index is -1.50. The highest BCUT2D eigenvalue weighted by molar-refractivity contribution is 5.90. The summed E-state index contributed by atoms with van der Waals surface area (Å²) in [6, 6.07) is 17.8. The number of aromatic amines is 1. The summed E-state index contributed by atoms with van der Waals surface area (Å²) in [5.74, 6) is 14.8. The van der Waals surface area contributed by atoms with Gasteiger partial charge >= 0.3 is 0 Å². The number of ketones is 2. The van der Waals surface area contributed by atoms with Gasteiger partial charge in [0.05, 0.1) is 31.2 Å². The lowest BCUT2D eigenvalue weighted by atomic mass is 9.40. The Hall–Kier alpha value is -6.20. The van der Waals surface area contributed by atoms with E-state index >= 15 is 4.79 Å². The van der Waals surface area contributed by atoms with Crippen LogP contribution in [0.25, 0.3) is 16.8 Å². The van der Waals surface area contributed by atoms with Crippen LogP contribution in [0, 0.1) is 82.4 Å². The number of Topliss-reactive ketones (excluding diaryl/α,β-unsaturated/α-hetero) is 2. The molecule has 14 nitrogen and oxygen atoms in total. The number of aromatic hydroxyl groups is 1. The van der Waals surface area contributed by atoms with E-state index in [0.29, 0.717) is 63.0 Å². The van der Waals surface area contributed by atoms with E-state index in [0.717, 1.165) is 64.3 Å². The van der Waals surface area contributed by atoms with Gasteiger partial charge in [0, 0.05) is 90.8 Å². The maximum absolute atomic E-state index is 15.4. The molecule has 1 saturated heterocycles. The van der Waals surface area contributed by atoms with Crippen molar-refractivity contribution < 1.29 is 45.0 Å². The smallest absolute Gasteiger partial charge is 0.160 e. The van der Waals surface area contributed by atoms with Crippen molar-refractivity contribution in [2.24, 2.45) is 64.4 Å². The van der Waals surface area contributed by atoms with E-state index in [1.165, 1.54) is 18.4 Å². The Morgan fingerprint density at radius 2 is 1.76 bits per heavy atom. The quantitative estimate of drug-likeness (QED) is 0.0447. The molecular weight excluding hydrogens is 1090 g/mol. The third kappa shape index (κ3) is 10.00. The average molecular weight is 1180 g/mol. The van der Waals surface area contributed by atoms with E-state index < -0.39 is 35.9 Å². The van der Waals surface area contributed by atoms with Crippen LogP contribution in [0.2, 0.25) is 0 Å². The molecule has 20 unspecified atom stereocenters. The van der Waals surface area contributed by atoms with Crippen LogP contribution in [-0.4, -0.2) is 110 Å². The maximum atomic E-state index is 15.4. The van der Waals surface area contributed by atoms with Crippen molar-refractivity contribution in [1.82, 2.24) is 20.9 Å². The molecular formula is C73H87N5O9. The van der Waals surface area contributed by atoms with E-state index in [1.54, 1.807) is 12.1 Å². The van der Waals surface area contributed by atoms with Gasteiger partial charge in [-0.05, 0) is 193 Å². The SMILES string of the molecule is CCC1=C(C(CC(O)C(O)CC2C#CC3(CCC(C4C5CNC6(C)CCCC6C#CCC6NC7CC(=O)C8C=Cc9c[nH]c%10c9C8C7C(C%105)C6C4CCC(O)O)CC3O)C(=O)CCc3cc(OC)c(O)cc32)c2ccc3ccccc3c2)C=C(N)NC1. The summed E-state index contributed by atoms with van der Waals surface area (Å²) in [5.41, 5.74) is 13.0. The second-order valence-electron chi connectivity index (χ2n) is 28.1. The van der Waals surface area contributed by atoms with Crippen LogP contribution in [0.15, 0.2) is 89.9 Å². The van der Waals surface area contributed by atoms with Gasteiger partial charge in [-0.15, -0.1) is 5.92 Å². The highest BCUT2D eigenvalue weighted by atomic mass is 16.5. The van der Waals surface area contributed by atoms with Gasteiger partial charge in [-0.2, -0.15) is 0 Å². The lowest BCUT2D eigenvalue weighted by molar-refractivity contribution is -0.149. The molecule has 4 bridgehead atoms. The summed E-state index contributed by atoms with van der Waals surface area (Å²) >= 11 is 0. The third-order valence-electron chi connectivity index (χ3n) is 23.9. The Labute approximate surface area is 511 Å². The molecule has 0 amide bonds. The zero-order valence-electron chi connectivity index (χ0n) is 50.5. The second-order valence-corrected chi connectivity index (χ2v) is 28.1. The van der Waals surface area contributed by atoms with E-state index in [4.69, 9.17) is 10.5 Å². The van der Waals surface area contributed by atoms with Crippen LogP contribution in [0.3, 0.4) is 0 Å². The lowest BCUT2D eigenvalue weighted by Gasteiger charge is -2.67. The first-order chi connectivity index (χ1) is 42.1. The number of rotatable bonds is 13. The van der Waals surface area contributed by atoms with Gasteiger partial charge in [0.15, 0.2) is 23.6 Å². The molecule has 87 heavy (non-hydrogen) atoms. The van der Waals surface area contributed by atoms with Crippen molar-refractivity contribution in [3.63, 3.8) is 0 Å². The summed E-state index contributed by atoms with van der Waals surface area (Å²) in [5, 5.41) is 85.0. The number of aliphatic hydroxyl groups is 5. The number of aryl methyl sites for hydroxylation is 1. The number of phenols is 1. The number of allylic oxidation sites excluding steroid dienone is 3. The zero-order chi connectivity index (χ0) is 60.2. The zero-order valence-corrected chi connectivity index (χ0v) is 50.5. The fraction of sp³-hybridized carbons (Fsp3) is 0.562. The Morgan fingerprint density at radius 3 is 2.56 bits per heavy atom. The number of benzene rings is 3. The van der Waals surface area contributed by atoms with Gasteiger partial charge in [-0.3, -0.25) is 9.59 Å². The molecule has 4 saturated carbocycles. The van der Waals surface area contributed by atoms with Gasteiger partial charge in [-0.25, -0.2) is 0 Å². The Bertz CT molecular complexity index is 3600. The molecule has 4 aromatic rings. The molecule has 14 heteroatoms. The van der Waals surface area contributed by atoms with Crippen LogP contribution in [-0.2, 0) is 16.0 Å². The number of nitrogens with one attached hydrogen (secondary N) is 4. The van der Waals surface area contributed by atoms with Crippen LogP contribution >= 0.6 is 0 Å². The maximum Gasteiger partial charge on any atom is 0.160 e. The number of carbonyl (C=O) groups is 2. The minimum absolute atomic E-state index is 0.00468. The fourth-order valence-corrected chi connectivity index (χ4v) is 19.9. The number of fused-ring (bicyclic) bond motifs is 5. The van der Waals surface area contributed by atoms with Crippen LogP contribution < -0.4 is 26.4 Å². The first-order valence-electron chi connectivity index (χ1n) is 32.8. The number of methoxy groups -OCH3 is 1. The van der Waals surface area contributed by atoms with Crippen LogP contribution in [0.5, 0.6) is 11.5 Å². The number of piperidine rings is 1. The van der Waals surface area contributed by atoms with Crippen molar-refractivity contribution in [3.8, 4) is 35.2 Å². The molecule has 11 aliphatic rings. The Kier molecular flexibility index (Phi) is 15.5. The Morgan fingerprint density at radius 1 is 0.920 bits per heavy atom. The molecule has 15 rings (SSSR count). The highest BCUT2D eigenvalue weighted by Crippen LogP contribution is 2.69. The number of H-pyrrole nitrogens is 1. The normalized spacial score (nSPS) is 36.5. The molecule has 5 heterocycles. The van der Waals surface area contributed by atoms with Gasteiger partial charge in [0.1, 0.15) is 11.2 Å². The minimum Gasteiger partial charge on any atom is -0.504 e. The van der Waals surface area contributed by atoms with Crippen molar-refractivity contribution in [3.05, 3.63) is 123 Å². The third-order valence-corrected chi connectivity index (χ3v) is 23.9. The molecule has 1 aromatic heterocycles. The molecule has 3 aromatic carbocycles. The molecule has 20 atom stereocenters. The molecule has 0 radical (unpaired) electrons. The number of aliphatic hydroxyl groups excluding tert-OH is 4. The number of ether oxygens (including phenoxy) is 1. The molecule has 1 spiro atoms. The van der Waals surface area contributed by atoms with Gasteiger partial charge in [-0.1, -0.05) is 85.7 Å². The number of phenolic OH excluding ortho intramolecular Hbond substituents is 1. The average Bonchev–Trinajstić information content (AvgIpc) is 1.66. The van der Waals surface area contributed by atoms with Crippen molar-refractivity contribution in [2.75, 3.05) is 20.2 Å². The van der Waals surface area contributed by atoms with Crippen molar-refractivity contribution in [2.45, 2.75) is 176 Å². The van der Waals surface area contributed by atoms with Gasteiger partial charge < -0.3 is 62.0 Å². The van der Waals surface area contributed by atoms with Gasteiger partial charge in [0.25, 0.3) is 0 Å². The van der Waals surface area contributed by atoms with E-state index in [9.17, 15) is 35.4 Å². The number of hydrogen-bond donors (Lipinski definition) is 11. The lowest BCUT2D eigenvalue weighted by Crippen LogP contribution is -2.70. The van der Waals surface area contributed by atoms with Crippen LogP contribution in [0.1, 0.15) is 161 Å². The van der Waals surface area contributed by atoms with Crippen LogP contribution in [0.4, 0.5) is 0 Å². The summed E-state index contributed by atoms with van der Waals surface area (Å²) in [4.78, 5) is 33.5. The Balaban J connectivity index is 0.825. The number of dihydropyridines is 1. The predicted octanol–water partition coefficient (Wildman–Crippen LogP) is 8.22. The predicted molar refractivity (Wildman–Crippen MR) is 333 cm³/mol. The molecule has 7 aliphatic carbocycles. The topological polar surface area (TPSA) is 243 Å². The molecule has 458 valence electrons. The summed E-state index contributed by atoms with van der Waals surface area (Å²) in [6.07, 6.45) is 10.7. The summed E-state index contributed by atoms with van der Waals surface area (Å²) in [7, 11) is 1.49. The molecule has 12 N–H and O–H groups in total. The second kappa shape index (κ2) is 23.0. The largest absolute Gasteiger partial charge is 0.504 e. The fourth-order valence-electron chi connectivity index (χ4n) is 19.9. The summed E-state index contributed by atoms with van der Waals surface area (Å²) in [6.45, 7) is 5.74. The van der Waals surface area contributed by atoms with Gasteiger partial charge in [0.2, 0.25) is 0 Å².